The fourth-order valence-corrected chi connectivity index (χ4v) is 3.66. The van der Waals surface area contributed by atoms with Crippen molar-refractivity contribution in [1.82, 2.24) is 15.1 Å². The summed E-state index contributed by atoms with van der Waals surface area (Å²) < 4.78 is 0. The first-order valence-corrected chi connectivity index (χ1v) is 8.44. The van der Waals surface area contributed by atoms with Gasteiger partial charge in [-0.3, -0.25) is 9.80 Å². The summed E-state index contributed by atoms with van der Waals surface area (Å²) in [5, 5.41) is 3.78. The number of hydrogen-bond donors (Lipinski definition) is 1. The second-order valence-corrected chi connectivity index (χ2v) is 7.19. The lowest BCUT2D eigenvalue weighted by Gasteiger charge is -2.36. The van der Waals surface area contributed by atoms with E-state index in [4.69, 9.17) is 0 Å². The maximum absolute atomic E-state index is 3.78. The molecule has 0 spiro atoms. The van der Waals surface area contributed by atoms with Crippen LogP contribution in [0.4, 0.5) is 0 Å². The SMILES string of the molecule is CC(C)N1CCC(N2CCC(NCC3CC3)CC2)C1. The molecule has 1 aliphatic carbocycles. The Hall–Kier alpha value is -0.120. The van der Waals surface area contributed by atoms with Crippen LogP contribution >= 0.6 is 0 Å². The van der Waals surface area contributed by atoms with Gasteiger partial charge >= 0.3 is 0 Å². The summed E-state index contributed by atoms with van der Waals surface area (Å²) in [5.74, 6) is 1.02. The monoisotopic (exact) mass is 265 g/mol. The van der Waals surface area contributed by atoms with E-state index < -0.39 is 0 Å². The number of hydrogen-bond acceptors (Lipinski definition) is 3. The van der Waals surface area contributed by atoms with E-state index in [1.807, 2.05) is 0 Å². The van der Waals surface area contributed by atoms with Crippen LogP contribution in [0.5, 0.6) is 0 Å². The highest BCUT2D eigenvalue weighted by molar-refractivity contribution is 4.89. The van der Waals surface area contributed by atoms with Gasteiger partial charge in [-0.05, 0) is 71.5 Å². The van der Waals surface area contributed by atoms with E-state index in [9.17, 15) is 0 Å². The van der Waals surface area contributed by atoms with Crippen LogP contribution in [-0.4, -0.2) is 60.6 Å². The van der Waals surface area contributed by atoms with E-state index >= 15 is 0 Å². The molecule has 0 bridgehead atoms. The predicted molar refractivity (Wildman–Crippen MR) is 80.4 cm³/mol. The molecule has 2 aliphatic heterocycles. The molecule has 0 radical (unpaired) electrons. The Labute approximate surface area is 118 Å². The van der Waals surface area contributed by atoms with Crippen LogP contribution in [0.25, 0.3) is 0 Å². The topological polar surface area (TPSA) is 18.5 Å². The molecule has 3 rings (SSSR count). The van der Waals surface area contributed by atoms with Gasteiger partial charge in [0.05, 0.1) is 0 Å². The van der Waals surface area contributed by atoms with Crippen LogP contribution in [0.1, 0.15) is 46.0 Å². The van der Waals surface area contributed by atoms with Crippen LogP contribution in [0.15, 0.2) is 0 Å². The van der Waals surface area contributed by atoms with Gasteiger partial charge in [0.25, 0.3) is 0 Å². The average Bonchev–Trinajstić information content (AvgIpc) is 3.11. The molecular formula is C16H31N3. The molecule has 3 nitrogen and oxygen atoms in total. The minimum Gasteiger partial charge on any atom is -0.314 e. The Morgan fingerprint density at radius 3 is 2.32 bits per heavy atom. The zero-order valence-electron chi connectivity index (χ0n) is 12.8. The summed E-state index contributed by atoms with van der Waals surface area (Å²) in [6.45, 7) is 11.2. The predicted octanol–water partition coefficient (Wildman–Crippen LogP) is 1.93. The summed E-state index contributed by atoms with van der Waals surface area (Å²) in [7, 11) is 0. The third-order valence-corrected chi connectivity index (χ3v) is 5.36. The maximum Gasteiger partial charge on any atom is 0.0235 e. The van der Waals surface area contributed by atoms with Gasteiger partial charge < -0.3 is 5.32 Å². The van der Waals surface area contributed by atoms with Crippen LogP contribution in [0, 0.1) is 5.92 Å². The Morgan fingerprint density at radius 2 is 1.74 bits per heavy atom. The smallest absolute Gasteiger partial charge is 0.0235 e. The number of rotatable bonds is 5. The highest BCUT2D eigenvalue weighted by Gasteiger charge is 2.31. The third-order valence-electron chi connectivity index (χ3n) is 5.36. The zero-order valence-corrected chi connectivity index (χ0v) is 12.8. The first-order valence-electron chi connectivity index (χ1n) is 8.44. The first-order chi connectivity index (χ1) is 9.22. The lowest BCUT2D eigenvalue weighted by atomic mass is 10.0. The molecule has 3 heteroatoms. The summed E-state index contributed by atoms with van der Waals surface area (Å²) in [6, 6.07) is 2.37. The molecule has 1 atom stereocenters. The van der Waals surface area contributed by atoms with Crippen molar-refractivity contribution in [2.24, 2.45) is 5.92 Å². The molecule has 1 N–H and O–H groups in total. The second kappa shape index (κ2) is 6.11. The summed E-state index contributed by atoms with van der Waals surface area (Å²) >= 11 is 0. The van der Waals surface area contributed by atoms with Gasteiger partial charge in [0.2, 0.25) is 0 Å². The van der Waals surface area contributed by atoms with Crippen molar-refractivity contribution in [2.75, 3.05) is 32.7 Å². The van der Waals surface area contributed by atoms with Gasteiger partial charge in [0, 0.05) is 31.2 Å². The van der Waals surface area contributed by atoms with Crippen molar-refractivity contribution in [3.05, 3.63) is 0 Å². The Bertz CT molecular complexity index is 280. The molecule has 3 fully saturated rings. The number of nitrogens with zero attached hydrogens (tertiary/aromatic N) is 2. The highest BCUT2D eigenvalue weighted by Crippen LogP contribution is 2.28. The maximum atomic E-state index is 3.78. The van der Waals surface area contributed by atoms with Crippen LogP contribution < -0.4 is 5.32 Å². The highest BCUT2D eigenvalue weighted by atomic mass is 15.3. The molecular weight excluding hydrogens is 234 g/mol. The minimum atomic E-state index is 0.725. The van der Waals surface area contributed by atoms with Crippen molar-refractivity contribution >= 4 is 0 Å². The van der Waals surface area contributed by atoms with Gasteiger partial charge in [-0.15, -0.1) is 0 Å². The molecule has 0 aromatic rings. The van der Waals surface area contributed by atoms with E-state index in [0.717, 1.165) is 24.0 Å². The number of piperidine rings is 1. The molecule has 0 amide bonds. The third kappa shape index (κ3) is 3.71. The number of likely N-dealkylation sites (tertiary alicyclic amines) is 2. The molecule has 2 heterocycles. The summed E-state index contributed by atoms with van der Waals surface area (Å²) in [5.41, 5.74) is 0. The van der Waals surface area contributed by atoms with Gasteiger partial charge in [0.15, 0.2) is 0 Å². The Balaban J connectivity index is 1.37. The fourth-order valence-electron chi connectivity index (χ4n) is 3.66. The molecule has 0 aromatic carbocycles. The van der Waals surface area contributed by atoms with E-state index in [-0.39, 0.29) is 0 Å². The molecule has 110 valence electrons. The standard InChI is InChI=1S/C16H31N3/c1-13(2)19-10-7-16(12-19)18-8-5-15(6-9-18)17-11-14-3-4-14/h13-17H,3-12H2,1-2H3. The van der Waals surface area contributed by atoms with Gasteiger partial charge in [-0.1, -0.05) is 0 Å². The van der Waals surface area contributed by atoms with Gasteiger partial charge in [-0.2, -0.15) is 0 Å². The van der Waals surface area contributed by atoms with Crippen LogP contribution in [-0.2, 0) is 0 Å². The largest absolute Gasteiger partial charge is 0.314 e. The molecule has 1 unspecified atom stereocenters. The van der Waals surface area contributed by atoms with E-state index in [1.54, 1.807) is 0 Å². The minimum absolute atomic E-state index is 0.725. The average molecular weight is 265 g/mol. The van der Waals surface area contributed by atoms with E-state index in [2.05, 4.69) is 29.0 Å². The Kier molecular flexibility index (Phi) is 4.45. The lowest BCUT2D eigenvalue weighted by molar-refractivity contribution is 0.138. The molecule has 2 saturated heterocycles. The van der Waals surface area contributed by atoms with Gasteiger partial charge in [0.1, 0.15) is 0 Å². The molecule has 1 saturated carbocycles. The Morgan fingerprint density at radius 1 is 1.00 bits per heavy atom. The van der Waals surface area contributed by atoms with Crippen LogP contribution in [0.3, 0.4) is 0 Å². The zero-order chi connectivity index (χ0) is 13.2. The second-order valence-electron chi connectivity index (χ2n) is 7.19. The molecule has 19 heavy (non-hydrogen) atoms. The van der Waals surface area contributed by atoms with Crippen molar-refractivity contribution < 1.29 is 0 Å². The number of nitrogens with one attached hydrogen (secondary N) is 1. The lowest BCUT2D eigenvalue weighted by Crippen LogP contribution is -2.48. The molecule has 3 aliphatic rings. The van der Waals surface area contributed by atoms with Crippen LogP contribution in [0.2, 0.25) is 0 Å². The van der Waals surface area contributed by atoms with Gasteiger partial charge in [-0.25, -0.2) is 0 Å². The van der Waals surface area contributed by atoms with Crippen molar-refractivity contribution in [3.63, 3.8) is 0 Å². The van der Waals surface area contributed by atoms with Crippen molar-refractivity contribution in [3.8, 4) is 0 Å². The normalized spacial score (nSPS) is 31.4. The van der Waals surface area contributed by atoms with Crippen molar-refractivity contribution in [2.45, 2.75) is 64.1 Å². The summed E-state index contributed by atoms with van der Waals surface area (Å²) in [4.78, 5) is 5.40. The van der Waals surface area contributed by atoms with Crippen molar-refractivity contribution in [1.29, 1.82) is 0 Å². The quantitative estimate of drug-likeness (QED) is 0.819. The fraction of sp³-hybridized carbons (Fsp3) is 1.00. The summed E-state index contributed by atoms with van der Waals surface area (Å²) in [6.07, 6.45) is 7.06. The van der Waals surface area contributed by atoms with E-state index in [0.29, 0.717) is 0 Å². The van der Waals surface area contributed by atoms with E-state index in [1.165, 1.54) is 64.8 Å². The molecule has 0 aromatic heterocycles. The first kappa shape index (κ1) is 13.8.